The van der Waals surface area contributed by atoms with Crippen LogP contribution in [0, 0.1) is 6.92 Å². The molecule has 0 aromatic carbocycles. The summed E-state index contributed by atoms with van der Waals surface area (Å²) in [6.07, 6.45) is 3.13. The third kappa shape index (κ3) is 1.74. The summed E-state index contributed by atoms with van der Waals surface area (Å²) in [5.74, 6) is 0.393. The third-order valence-electron chi connectivity index (χ3n) is 2.67. The first-order chi connectivity index (χ1) is 8.56. The lowest BCUT2D eigenvalue weighted by Crippen LogP contribution is -2.05. The molecule has 0 atom stereocenters. The van der Waals surface area contributed by atoms with Crippen LogP contribution in [-0.4, -0.2) is 18.4 Å². The summed E-state index contributed by atoms with van der Waals surface area (Å²) in [5.41, 5.74) is 1.19. The smallest absolute Gasteiger partial charge is 0.238 e. The first kappa shape index (κ1) is 11.2. The molecule has 1 aliphatic heterocycles. The van der Waals surface area contributed by atoms with Crippen molar-refractivity contribution in [3.63, 3.8) is 0 Å². The molecule has 1 aliphatic rings. The third-order valence-corrected chi connectivity index (χ3v) is 4.29. The van der Waals surface area contributed by atoms with Gasteiger partial charge in [0.05, 0.1) is 5.69 Å². The fourth-order valence-corrected chi connectivity index (χ4v) is 3.27. The van der Waals surface area contributed by atoms with Crippen LogP contribution in [-0.2, 0) is 15.6 Å². The van der Waals surface area contributed by atoms with Crippen LogP contribution >= 0.6 is 0 Å². The van der Waals surface area contributed by atoms with Gasteiger partial charge in [0.25, 0.3) is 0 Å². The lowest BCUT2D eigenvalue weighted by atomic mass is 10.3. The van der Waals surface area contributed by atoms with Crippen LogP contribution in [0.25, 0.3) is 0 Å². The van der Waals surface area contributed by atoms with Crippen LogP contribution in [0.1, 0.15) is 11.3 Å². The summed E-state index contributed by atoms with van der Waals surface area (Å²) < 4.78 is 30.0. The average molecular weight is 262 g/mol. The van der Waals surface area contributed by atoms with Gasteiger partial charge in [-0.25, -0.2) is 13.4 Å². The molecule has 0 bridgehead atoms. The van der Waals surface area contributed by atoms with Gasteiger partial charge in [-0.2, -0.15) is 0 Å². The zero-order valence-corrected chi connectivity index (χ0v) is 10.4. The van der Waals surface area contributed by atoms with Crippen LogP contribution in [0.15, 0.2) is 35.5 Å². The summed E-state index contributed by atoms with van der Waals surface area (Å²) in [4.78, 5) is 8.22. The Morgan fingerprint density at radius 3 is 3.00 bits per heavy atom. The Morgan fingerprint density at radius 2 is 2.17 bits per heavy atom. The van der Waals surface area contributed by atoms with Gasteiger partial charge in [0, 0.05) is 12.4 Å². The maximum atomic E-state index is 12.2. The SMILES string of the molecule is Cc1cnc2c(c1)S(=O)(=O)Cc1ncccc1O2. The average Bonchev–Trinajstić information content (AvgIpc) is 2.43. The van der Waals surface area contributed by atoms with Crippen molar-refractivity contribution in [1.29, 1.82) is 0 Å². The zero-order chi connectivity index (χ0) is 12.8. The van der Waals surface area contributed by atoms with Crippen LogP contribution in [0.4, 0.5) is 0 Å². The van der Waals surface area contributed by atoms with E-state index in [9.17, 15) is 8.42 Å². The van der Waals surface area contributed by atoms with Gasteiger partial charge in [-0.15, -0.1) is 0 Å². The van der Waals surface area contributed by atoms with Crippen molar-refractivity contribution in [3.8, 4) is 11.6 Å². The number of aryl methyl sites for hydroxylation is 1. The number of sulfone groups is 1. The van der Waals surface area contributed by atoms with Gasteiger partial charge in [-0.1, -0.05) is 0 Å². The van der Waals surface area contributed by atoms with Gasteiger partial charge >= 0.3 is 0 Å². The van der Waals surface area contributed by atoms with E-state index in [4.69, 9.17) is 4.74 Å². The monoisotopic (exact) mass is 262 g/mol. The molecule has 3 heterocycles. The maximum absolute atomic E-state index is 12.2. The van der Waals surface area contributed by atoms with Crippen molar-refractivity contribution in [2.24, 2.45) is 0 Å². The Hall–Kier alpha value is -1.95. The fraction of sp³-hybridized carbons (Fsp3) is 0.167. The Balaban J connectivity index is 2.28. The molecule has 5 nitrogen and oxygen atoms in total. The number of aromatic nitrogens is 2. The molecule has 6 heteroatoms. The summed E-state index contributed by atoms with van der Waals surface area (Å²) in [7, 11) is -3.46. The molecule has 18 heavy (non-hydrogen) atoms. The van der Waals surface area contributed by atoms with Crippen molar-refractivity contribution in [1.82, 2.24) is 9.97 Å². The van der Waals surface area contributed by atoms with Gasteiger partial charge in [-0.05, 0) is 30.7 Å². The highest BCUT2D eigenvalue weighted by Crippen LogP contribution is 2.35. The number of hydrogen-bond acceptors (Lipinski definition) is 5. The molecular weight excluding hydrogens is 252 g/mol. The number of rotatable bonds is 0. The van der Waals surface area contributed by atoms with E-state index in [1.165, 1.54) is 0 Å². The molecule has 0 unspecified atom stereocenters. The quantitative estimate of drug-likeness (QED) is 0.725. The molecule has 0 spiro atoms. The van der Waals surface area contributed by atoms with Gasteiger partial charge in [0.15, 0.2) is 15.6 Å². The molecular formula is C12H10N2O3S. The number of hydrogen-bond donors (Lipinski definition) is 0. The lowest BCUT2D eigenvalue weighted by molar-refractivity contribution is 0.445. The normalized spacial score (nSPS) is 16.1. The molecule has 0 radical (unpaired) electrons. The van der Waals surface area contributed by atoms with Crippen LogP contribution in [0.3, 0.4) is 0 Å². The molecule has 3 rings (SSSR count). The standard InChI is InChI=1S/C12H10N2O3S/c1-8-5-11-12(14-6-8)17-10-3-2-4-13-9(10)7-18(11,15)16/h2-6H,7H2,1H3. The summed E-state index contributed by atoms with van der Waals surface area (Å²) in [6.45, 7) is 1.79. The van der Waals surface area contributed by atoms with Crippen molar-refractivity contribution >= 4 is 9.84 Å². The van der Waals surface area contributed by atoms with Gasteiger partial charge in [0.1, 0.15) is 10.6 Å². The Bertz CT molecular complexity index is 726. The van der Waals surface area contributed by atoms with E-state index in [0.717, 1.165) is 5.56 Å². The summed E-state index contributed by atoms with van der Waals surface area (Å²) in [6, 6.07) is 4.96. The van der Waals surface area contributed by atoms with Crippen LogP contribution < -0.4 is 4.74 Å². The summed E-state index contributed by atoms with van der Waals surface area (Å²) in [5, 5.41) is 0. The van der Waals surface area contributed by atoms with E-state index in [1.807, 2.05) is 0 Å². The molecule has 0 aliphatic carbocycles. The second-order valence-corrected chi connectivity index (χ2v) is 6.08. The second-order valence-electron chi connectivity index (χ2n) is 4.13. The van der Waals surface area contributed by atoms with E-state index < -0.39 is 9.84 Å². The van der Waals surface area contributed by atoms with Crippen molar-refractivity contribution in [2.45, 2.75) is 17.6 Å². The highest BCUT2D eigenvalue weighted by molar-refractivity contribution is 7.90. The lowest BCUT2D eigenvalue weighted by Gasteiger charge is -2.06. The van der Waals surface area contributed by atoms with Crippen molar-refractivity contribution in [3.05, 3.63) is 41.9 Å². The molecule has 2 aromatic heterocycles. The Labute approximate surface area is 104 Å². The predicted molar refractivity (Wildman–Crippen MR) is 64.2 cm³/mol. The molecule has 0 saturated heterocycles. The largest absolute Gasteiger partial charge is 0.436 e. The first-order valence-electron chi connectivity index (χ1n) is 5.37. The minimum absolute atomic E-state index is 0.118. The van der Waals surface area contributed by atoms with E-state index in [0.29, 0.717) is 11.4 Å². The van der Waals surface area contributed by atoms with Crippen LogP contribution in [0.5, 0.6) is 11.6 Å². The highest BCUT2D eigenvalue weighted by atomic mass is 32.2. The minimum Gasteiger partial charge on any atom is -0.436 e. The zero-order valence-electron chi connectivity index (χ0n) is 9.62. The molecule has 0 fully saturated rings. The fourth-order valence-electron chi connectivity index (χ4n) is 1.82. The number of pyridine rings is 2. The highest BCUT2D eigenvalue weighted by Gasteiger charge is 2.28. The number of ether oxygens (including phenoxy) is 1. The molecule has 0 saturated carbocycles. The van der Waals surface area contributed by atoms with Crippen molar-refractivity contribution < 1.29 is 13.2 Å². The maximum Gasteiger partial charge on any atom is 0.238 e. The Kier molecular flexibility index (Phi) is 2.34. The number of nitrogens with zero attached hydrogens (tertiary/aromatic N) is 2. The molecule has 92 valence electrons. The van der Waals surface area contributed by atoms with Gasteiger partial charge in [0.2, 0.25) is 5.88 Å². The predicted octanol–water partition coefficient (Wildman–Crippen LogP) is 1.86. The Morgan fingerprint density at radius 1 is 1.33 bits per heavy atom. The molecule has 0 amide bonds. The number of fused-ring (bicyclic) bond motifs is 2. The van der Waals surface area contributed by atoms with Crippen molar-refractivity contribution in [2.75, 3.05) is 0 Å². The van der Waals surface area contributed by atoms with Crippen LogP contribution in [0.2, 0.25) is 0 Å². The molecule has 2 aromatic rings. The van der Waals surface area contributed by atoms with E-state index in [1.54, 1.807) is 37.5 Å². The minimum atomic E-state index is -3.46. The van der Waals surface area contributed by atoms with Gasteiger partial charge < -0.3 is 4.74 Å². The van der Waals surface area contributed by atoms with E-state index in [-0.39, 0.29) is 16.5 Å². The second kappa shape index (κ2) is 3.78. The molecule has 0 N–H and O–H groups in total. The van der Waals surface area contributed by atoms with Gasteiger partial charge in [-0.3, -0.25) is 4.98 Å². The first-order valence-corrected chi connectivity index (χ1v) is 7.03. The van der Waals surface area contributed by atoms with E-state index >= 15 is 0 Å². The van der Waals surface area contributed by atoms with E-state index in [2.05, 4.69) is 9.97 Å². The summed E-state index contributed by atoms with van der Waals surface area (Å²) >= 11 is 0. The topological polar surface area (TPSA) is 69.2 Å².